The van der Waals surface area contributed by atoms with E-state index in [1.165, 1.54) is 19.3 Å². The van der Waals surface area contributed by atoms with Gasteiger partial charge in [-0.05, 0) is 19.3 Å². The summed E-state index contributed by atoms with van der Waals surface area (Å²) in [5, 5.41) is 4.09. The largest absolute Gasteiger partial charge is 0.246 e. The van der Waals surface area contributed by atoms with Crippen LogP contribution in [-0.4, -0.2) is 14.8 Å². The maximum absolute atomic E-state index is 4.09. The van der Waals surface area contributed by atoms with Gasteiger partial charge in [-0.3, -0.25) is 0 Å². The summed E-state index contributed by atoms with van der Waals surface area (Å²) in [6.45, 7) is 0. The van der Waals surface area contributed by atoms with Crippen molar-refractivity contribution in [1.82, 2.24) is 14.8 Å². The molecule has 0 radical (unpaired) electrons. The Balaban J connectivity index is 2.16. The highest BCUT2D eigenvalue weighted by Crippen LogP contribution is 2.20. The van der Waals surface area contributed by atoms with E-state index < -0.39 is 0 Å². The molecule has 2 rings (SSSR count). The molecule has 58 valence electrons. The molecule has 0 saturated carbocycles. The Morgan fingerprint density at radius 3 is 3.09 bits per heavy atom. The molecule has 1 aliphatic rings. The molecular weight excluding hydrogens is 138 g/mol. The predicted octanol–water partition coefficient (Wildman–Crippen LogP) is 1.56. The third kappa shape index (κ3) is 1.31. The molecule has 1 unspecified atom stereocenters. The lowest BCUT2D eigenvalue weighted by molar-refractivity contribution is 0.473. The molecule has 0 saturated heterocycles. The summed E-state index contributed by atoms with van der Waals surface area (Å²) in [6.07, 6.45) is 11.5. The zero-order chi connectivity index (χ0) is 7.52. The van der Waals surface area contributed by atoms with Crippen molar-refractivity contribution in [3.05, 3.63) is 24.8 Å². The van der Waals surface area contributed by atoms with Crippen molar-refractivity contribution < 1.29 is 0 Å². The fourth-order valence-corrected chi connectivity index (χ4v) is 1.40. The fourth-order valence-electron chi connectivity index (χ4n) is 1.40. The molecule has 0 amide bonds. The van der Waals surface area contributed by atoms with Gasteiger partial charge in [0.2, 0.25) is 0 Å². The Labute approximate surface area is 65.8 Å². The normalized spacial score (nSPS) is 23.8. The fraction of sp³-hybridized carbons (Fsp3) is 0.500. The molecule has 0 spiro atoms. The monoisotopic (exact) mass is 149 g/mol. The van der Waals surface area contributed by atoms with Crippen molar-refractivity contribution in [1.29, 1.82) is 0 Å². The van der Waals surface area contributed by atoms with Crippen LogP contribution in [0.1, 0.15) is 25.3 Å². The first-order valence-corrected chi connectivity index (χ1v) is 3.97. The molecule has 0 aliphatic heterocycles. The molecule has 1 aromatic rings. The molecule has 0 aromatic carbocycles. The van der Waals surface area contributed by atoms with Gasteiger partial charge in [0.05, 0.1) is 6.04 Å². The minimum Gasteiger partial charge on any atom is -0.246 e. The van der Waals surface area contributed by atoms with Gasteiger partial charge in [-0.1, -0.05) is 12.2 Å². The quantitative estimate of drug-likeness (QED) is 0.567. The topological polar surface area (TPSA) is 30.7 Å². The van der Waals surface area contributed by atoms with Gasteiger partial charge >= 0.3 is 0 Å². The standard InChI is InChI=1S/C8H11N3/c1-2-4-8(5-3-1)11-7-9-6-10-11/h2,4,6-8H,1,3,5H2. The molecule has 11 heavy (non-hydrogen) atoms. The van der Waals surface area contributed by atoms with Crippen LogP contribution in [0.15, 0.2) is 24.8 Å². The van der Waals surface area contributed by atoms with Gasteiger partial charge in [-0.2, -0.15) is 5.10 Å². The van der Waals surface area contributed by atoms with Crippen molar-refractivity contribution in [3.63, 3.8) is 0 Å². The van der Waals surface area contributed by atoms with Gasteiger partial charge in [-0.15, -0.1) is 0 Å². The van der Waals surface area contributed by atoms with E-state index in [0.29, 0.717) is 6.04 Å². The lowest BCUT2D eigenvalue weighted by Crippen LogP contribution is -2.08. The number of aromatic nitrogens is 3. The highest BCUT2D eigenvalue weighted by molar-refractivity contribution is 4.95. The molecule has 3 nitrogen and oxygen atoms in total. The zero-order valence-corrected chi connectivity index (χ0v) is 6.35. The molecule has 0 N–H and O–H groups in total. The summed E-state index contributed by atoms with van der Waals surface area (Å²) in [4.78, 5) is 3.92. The summed E-state index contributed by atoms with van der Waals surface area (Å²) in [5.74, 6) is 0. The first-order chi connectivity index (χ1) is 5.47. The first-order valence-electron chi connectivity index (χ1n) is 3.97. The molecule has 1 heterocycles. The van der Waals surface area contributed by atoms with Crippen LogP contribution in [0.4, 0.5) is 0 Å². The van der Waals surface area contributed by atoms with Gasteiger partial charge in [-0.25, -0.2) is 9.67 Å². The number of rotatable bonds is 1. The lowest BCUT2D eigenvalue weighted by Gasteiger charge is -2.15. The van der Waals surface area contributed by atoms with Crippen molar-refractivity contribution in [2.24, 2.45) is 0 Å². The molecule has 0 bridgehead atoms. The van der Waals surface area contributed by atoms with Crippen LogP contribution in [0, 0.1) is 0 Å². The minimum absolute atomic E-state index is 0.450. The van der Waals surface area contributed by atoms with E-state index in [1.54, 1.807) is 12.7 Å². The third-order valence-corrected chi connectivity index (χ3v) is 2.01. The first kappa shape index (κ1) is 6.58. The SMILES string of the molecule is C1=CC(n2cncn2)CCC1. The Hall–Kier alpha value is -1.12. The summed E-state index contributed by atoms with van der Waals surface area (Å²) in [7, 11) is 0. The van der Waals surface area contributed by atoms with Crippen LogP contribution < -0.4 is 0 Å². The Kier molecular flexibility index (Phi) is 1.71. The van der Waals surface area contributed by atoms with Crippen molar-refractivity contribution in [3.8, 4) is 0 Å². The van der Waals surface area contributed by atoms with Gasteiger partial charge in [0.1, 0.15) is 12.7 Å². The summed E-state index contributed by atoms with van der Waals surface area (Å²) in [5.41, 5.74) is 0. The summed E-state index contributed by atoms with van der Waals surface area (Å²) < 4.78 is 1.91. The minimum atomic E-state index is 0.450. The number of nitrogens with zero attached hydrogens (tertiary/aromatic N) is 3. The van der Waals surface area contributed by atoms with E-state index in [-0.39, 0.29) is 0 Å². The van der Waals surface area contributed by atoms with Crippen LogP contribution in [0.2, 0.25) is 0 Å². The number of allylic oxidation sites excluding steroid dienone is 2. The van der Waals surface area contributed by atoms with Gasteiger partial charge in [0.15, 0.2) is 0 Å². The lowest BCUT2D eigenvalue weighted by atomic mass is 10.0. The molecular formula is C8H11N3. The maximum Gasteiger partial charge on any atom is 0.137 e. The molecule has 1 aromatic heterocycles. The summed E-state index contributed by atoms with van der Waals surface area (Å²) >= 11 is 0. The van der Waals surface area contributed by atoms with E-state index in [4.69, 9.17) is 0 Å². The highest BCUT2D eigenvalue weighted by atomic mass is 15.3. The van der Waals surface area contributed by atoms with Crippen LogP contribution in [0.5, 0.6) is 0 Å². The van der Waals surface area contributed by atoms with E-state index in [1.807, 2.05) is 4.68 Å². The van der Waals surface area contributed by atoms with Gasteiger partial charge in [0, 0.05) is 0 Å². The maximum atomic E-state index is 4.09. The predicted molar refractivity (Wildman–Crippen MR) is 42.1 cm³/mol. The number of hydrogen-bond acceptors (Lipinski definition) is 2. The third-order valence-electron chi connectivity index (χ3n) is 2.01. The summed E-state index contributed by atoms with van der Waals surface area (Å²) in [6, 6.07) is 0.450. The number of hydrogen-bond donors (Lipinski definition) is 0. The second-order valence-corrected chi connectivity index (χ2v) is 2.80. The smallest absolute Gasteiger partial charge is 0.137 e. The van der Waals surface area contributed by atoms with Crippen LogP contribution in [-0.2, 0) is 0 Å². The Morgan fingerprint density at radius 2 is 2.45 bits per heavy atom. The average Bonchev–Trinajstić information content (AvgIpc) is 2.58. The van der Waals surface area contributed by atoms with E-state index in [2.05, 4.69) is 22.2 Å². The molecule has 3 heteroatoms. The van der Waals surface area contributed by atoms with Crippen LogP contribution >= 0.6 is 0 Å². The van der Waals surface area contributed by atoms with E-state index >= 15 is 0 Å². The van der Waals surface area contributed by atoms with Gasteiger partial charge < -0.3 is 0 Å². The highest BCUT2D eigenvalue weighted by Gasteiger charge is 2.09. The van der Waals surface area contributed by atoms with Crippen LogP contribution in [0.25, 0.3) is 0 Å². The average molecular weight is 149 g/mol. The Bertz CT molecular complexity index is 238. The molecule has 1 aliphatic carbocycles. The van der Waals surface area contributed by atoms with Crippen molar-refractivity contribution in [2.45, 2.75) is 25.3 Å². The van der Waals surface area contributed by atoms with E-state index in [9.17, 15) is 0 Å². The van der Waals surface area contributed by atoms with Gasteiger partial charge in [0.25, 0.3) is 0 Å². The van der Waals surface area contributed by atoms with Crippen molar-refractivity contribution in [2.75, 3.05) is 0 Å². The second kappa shape index (κ2) is 2.86. The second-order valence-electron chi connectivity index (χ2n) is 2.80. The van der Waals surface area contributed by atoms with Crippen molar-refractivity contribution >= 4 is 0 Å². The van der Waals surface area contributed by atoms with Crippen LogP contribution in [0.3, 0.4) is 0 Å². The zero-order valence-electron chi connectivity index (χ0n) is 6.35. The molecule has 1 atom stereocenters. The van der Waals surface area contributed by atoms with E-state index in [0.717, 1.165) is 0 Å². The Morgan fingerprint density at radius 1 is 1.45 bits per heavy atom. The molecule has 0 fully saturated rings.